The highest BCUT2D eigenvalue weighted by Crippen LogP contribution is 2.32. The normalized spacial score (nSPS) is 21.8. The molecule has 1 aliphatic heterocycles. The second kappa shape index (κ2) is 7.46. The van der Waals surface area contributed by atoms with Gasteiger partial charge in [0.15, 0.2) is 0 Å². The summed E-state index contributed by atoms with van der Waals surface area (Å²) in [6, 6.07) is 7.64. The molecular weight excluding hydrogens is 264 g/mol. The molecule has 1 saturated heterocycles. The van der Waals surface area contributed by atoms with Crippen LogP contribution in [-0.2, 0) is 4.79 Å². The number of carbonyl (C=O) groups excluding carboxylic acids is 1. The minimum Gasteiger partial charge on any atom is -0.494 e. The monoisotopic (exact) mass is 290 g/mol. The zero-order valence-corrected chi connectivity index (χ0v) is 13.1. The van der Waals surface area contributed by atoms with Crippen molar-refractivity contribution in [3.05, 3.63) is 24.3 Å². The van der Waals surface area contributed by atoms with Gasteiger partial charge in [0.05, 0.1) is 12.0 Å². The highest BCUT2D eigenvalue weighted by molar-refractivity contribution is 5.95. The lowest BCUT2D eigenvalue weighted by molar-refractivity contribution is -0.126. The van der Waals surface area contributed by atoms with Crippen molar-refractivity contribution >= 4 is 11.6 Å². The largest absolute Gasteiger partial charge is 0.494 e. The number of benzene rings is 1. The molecule has 2 rings (SSSR count). The van der Waals surface area contributed by atoms with Gasteiger partial charge in [-0.3, -0.25) is 4.79 Å². The Balaban J connectivity index is 2.04. The van der Waals surface area contributed by atoms with Gasteiger partial charge in [0.2, 0.25) is 5.91 Å². The van der Waals surface area contributed by atoms with Crippen LogP contribution >= 0.6 is 0 Å². The molecule has 1 fully saturated rings. The van der Waals surface area contributed by atoms with Crippen molar-refractivity contribution in [2.45, 2.75) is 39.5 Å². The number of piperidine rings is 1. The molecule has 4 heteroatoms. The Morgan fingerprint density at radius 1 is 1.43 bits per heavy atom. The fourth-order valence-corrected chi connectivity index (χ4v) is 2.77. The Bertz CT molecular complexity index is 468. The molecule has 1 aromatic carbocycles. The van der Waals surface area contributed by atoms with Gasteiger partial charge in [-0.1, -0.05) is 19.9 Å². The first-order chi connectivity index (χ1) is 10.2. The summed E-state index contributed by atoms with van der Waals surface area (Å²) in [5.41, 5.74) is 0.533. The summed E-state index contributed by atoms with van der Waals surface area (Å²) in [5.74, 6) is 0.923. The molecule has 1 unspecified atom stereocenters. The lowest BCUT2D eigenvalue weighted by Gasteiger charge is -2.35. The number of hydrogen-bond donors (Lipinski definition) is 2. The van der Waals surface area contributed by atoms with E-state index in [9.17, 15) is 4.79 Å². The van der Waals surface area contributed by atoms with Gasteiger partial charge in [0, 0.05) is 18.3 Å². The Morgan fingerprint density at radius 2 is 2.29 bits per heavy atom. The summed E-state index contributed by atoms with van der Waals surface area (Å²) < 4.78 is 5.61. The van der Waals surface area contributed by atoms with Crippen LogP contribution in [0.1, 0.15) is 39.5 Å². The molecule has 1 heterocycles. The minimum absolute atomic E-state index is 0.116. The summed E-state index contributed by atoms with van der Waals surface area (Å²) >= 11 is 0. The molecule has 0 aliphatic carbocycles. The van der Waals surface area contributed by atoms with Crippen LogP contribution in [0.5, 0.6) is 5.75 Å². The van der Waals surface area contributed by atoms with Crippen molar-refractivity contribution in [2.24, 2.45) is 5.41 Å². The summed E-state index contributed by atoms with van der Waals surface area (Å²) in [7, 11) is 0. The first kappa shape index (κ1) is 15.8. The molecule has 4 nitrogen and oxygen atoms in total. The van der Waals surface area contributed by atoms with Gasteiger partial charge in [-0.05, 0) is 44.4 Å². The highest BCUT2D eigenvalue weighted by Gasteiger charge is 2.37. The van der Waals surface area contributed by atoms with E-state index in [4.69, 9.17) is 4.74 Å². The third kappa shape index (κ3) is 3.97. The van der Waals surface area contributed by atoms with E-state index in [-0.39, 0.29) is 11.3 Å². The first-order valence-corrected chi connectivity index (χ1v) is 7.95. The highest BCUT2D eigenvalue weighted by atomic mass is 16.5. The maximum atomic E-state index is 12.7. The zero-order chi connectivity index (χ0) is 15.1. The average Bonchev–Trinajstić information content (AvgIpc) is 2.54. The zero-order valence-electron chi connectivity index (χ0n) is 13.1. The van der Waals surface area contributed by atoms with Crippen molar-refractivity contribution in [3.63, 3.8) is 0 Å². The SMILES string of the molecule is CCCOc1cccc(NC(=O)C2(CC)CCCNC2)c1. The fourth-order valence-electron chi connectivity index (χ4n) is 2.77. The fraction of sp³-hybridized carbons (Fsp3) is 0.588. The molecule has 0 spiro atoms. The van der Waals surface area contributed by atoms with E-state index >= 15 is 0 Å². The Kier molecular flexibility index (Phi) is 5.62. The van der Waals surface area contributed by atoms with Gasteiger partial charge in [-0.15, -0.1) is 0 Å². The first-order valence-electron chi connectivity index (χ1n) is 7.95. The molecule has 21 heavy (non-hydrogen) atoms. The second-order valence-corrected chi connectivity index (χ2v) is 5.74. The molecule has 1 aromatic rings. The van der Waals surface area contributed by atoms with Crippen molar-refractivity contribution < 1.29 is 9.53 Å². The van der Waals surface area contributed by atoms with Crippen LogP contribution in [-0.4, -0.2) is 25.6 Å². The van der Waals surface area contributed by atoms with E-state index in [1.54, 1.807) is 0 Å². The standard InChI is InChI=1S/C17H26N2O2/c1-3-11-21-15-8-5-7-14(12-15)19-16(20)17(4-2)9-6-10-18-13-17/h5,7-8,12,18H,3-4,6,9-11,13H2,1-2H3,(H,19,20). The van der Waals surface area contributed by atoms with Crippen LogP contribution in [0.2, 0.25) is 0 Å². The number of amides is 1. The molecule has 0 saturated carbocycles. The number of anilines is 1. The molecule has 1 atom stereocenters. The molecule has 2 N–H and O–H groups in total. The van der Waals surface area contributed by atoms with Crippen LogP contribution < -0.4 is 15.4 Å². The Morgan fingerprint density at radius 3 is 2.95 bits per heavy atom. The van der Waals surface area contributed by atoms with E-state index in [0.717, 1.165) is 50.2 Å². The van der Waals surface area contributed by atoms with Crippen LogP contribution in [0, 0.1) is 5.41 Å². The van der Waals surface area contributed by atoms with Crippen LogP contribution in [0.25, 0.3) is 0 Å². The summed E-state index contributed by atoms with van der Waals surface area (Å²) in [4.78, 5) is 12.7. The van der Waals surface area contributed by atoms with Gasteiger partial charge < -0.3 is 15.4 Å². The molecule has 0 bridgehead atoms. The average molecular weight is 290 g/mol. The maximum absolute atomic E-state index is 12.7. The lowest BCUT2D eigenvalue weighted by atomic mass is 9.77. The predicted octanol–water partition coefficient (Wildman–Crippen LogP) is 3.19. The van der Waals surface area contributed by atoms with E-state index in [0.29, 0.717) is 6.61 Å². The smallest absolute Gasteiger partial charge is 0.231 e. The molecule has 0 aromatic heterocycles. The number of nitrogens with one attached hydrogen (secondary N) is 2. The van der Waals surface area contributed by atoms with Crippen LogP contribution in [0.4, 0.5) is 5.69 Å². The molecule has 1 aliphatic rings. The number of carbonyl (C=O) groups is 1. The molecular formula is C17H26N2O2. The van der Waals surface area contributed by atoms with E-state index in [1.165, 1.54) is 0 Å². The van der Waals surface area contributed by atoms with Gasteiger partial charge in [0.25, 0.3) is 0 Å². The summed E-state index contributed by atoms with van der Waals surface area (Å²) in [6.07, 6.45) is 3.84. The maximum Gasteiger partial charge on any atom is 0.231 e. The molecule has 0 radical (unpaired) electrons. The van der Waals surface area contributed by atoms with Crippen molar-refractivity contribution in [1.29, 1.82) is 0 Å². The van der Waals surface area contributed by atoms with Crippen molar-refractivity contribution in [3.8, 4) is 5.75 Å². The predicted molar refractivity (Wildman–Crippen MR) is 85.7 cm³/mol. The number of ether oxygens (including phenoxy) is 1. The number of hydrogen-bond acceptors (Lipinski definition) is 3. The van der Waals surface area contributed by atoms with Gasteiger partial charge in [0.1, 0.15) is 5.75 Å². The van der Waals surface area contributed by atoms with E-state index in [2.05, 4.69) is 24.5 Å². The lowest BCUT2D eigenvalue weighted by Crippen LogP contribution is -2.47. The van der Waals surface area contributed by atoms with Crippen LogP contribution in [0.15, 0.2) is 24.3 Å². The van der Waals surface area contributed by atoms with Crippen LogP contribution in [0.3, 0.4) is 0 Å². The molecule has 116 valence electrons. The van der Waals surface area contributed by atoms with Gasteiger partial charge >= 0.3 is 0 Å². The summed E-state index contributed by atoms with van der Waals surface area (Å²) in [6.45, 7) is 6.64. The molecule has 1 amide bonds. The summed E-state index contributed by atoms with van der Waals surface area (Å²) in [5, 5.41) is 6.41. The number of rotatable bonds is 6. The minimum atomic E-state index is -0.279. The van der Waals surface area contributed by atoms with E-state index in [1.807, 2.05) is 24.3 Å². The topological polar surface area (TPSA) is 50.4 Å². The van der Waals surface area contributed by atoms with Gasteiger partial charge in [-0.2, -0.15) is 0 Å². The van der Waals surface area contributed by atoms with Crippen molar-refractivity contribution in [1.82, 2.24) is 5.32 Å². The van der Waals surface area contributed by atoms with Crippen molar-refractivity contribution in [2.75, 3.05) is 25.0 Å². The van der Waals surface area contributed by atoms with Gasteiger partial charge in [-0.25, -0.2) is 0 Å². The quantitative estimate of drug-likeness (QED) is 0.846. The Hall–Kier alpha value is -1.55. The Labute approximate surface area is 127 Å². The van der Waals surface area contributed by atoms with E-state index < -0.39 is 0 Å². The second-order valence-electron chi connectivity index (χ2n) is 5.74. The third-order valence-electron chi connectivity index (χ3n) is 4.20. The third-order valence-corrected chi connectivity index (χ3v) is 4.20.